The third kappa shape index (κ3) is 1.78. The van der Waals surface area contributed by atoms with E-state index in [0.717, 1.165) is 25.3 Å². The van der Waals surface area contributed by atoms with Crippen LogP contribution in [0.4, 0.5) is 0 Å². The van der Waals surface area contributed by atoms with Crippen LogP contribution in [-0.2, 0) is 0 Å². The second-order valence-corrected chi connectivity index (χ2v) is 5.53. The average molecular weight is 239 g/mol. The van der Waals surface area contributed by atoms with Gasteiger partial charge in [0.25, 0.3) is 0 Å². The maximum Gasteiger partial charge on any atom is 0.111 e. The molecule has 2 unspecified atom stereocenters. The van der Waals surface area contributed by atoms with E-state index in [1.807, 2.05) is 5.38 Å². The molecule has 0 radical (unpaired) electrons. The number of nitrogens with zero attached hydrogens (tertiary/aromatic N) is 3. The third-order valence-electron chi connectivity index (χ3n) is 3.53. The minimum Gasteiger partial charge on any atom is -0.387 e. The summed E-state index contributed by atoms with van der Waals surface area (Å²) in [5.41, 5.74) is 0.817. The van der Waals surface area contributed by atoms with Crippen molar-refractivity contribution in [2.24, 2.45) is 0 Å². The third-order valence-corrected chi connectivity index (χ3v) is 4.50. The maximum absolute atomic E-state index is 9.49. The van der Waals surface area contributed by atoms with Crippen LogP contribution in [0.3, 0.4) is 0 Å². The number of hydrogen-bond donors (Lipinski definition) is 1. The Balaban J connectivity index is 1.81. The summed E-state index contributed by atoms with van der Waals surface area (Å²) < 4.78 is 0. The van der Waals surface area contributed by atoms with Crippen LogP contribution < -0.4 is 0 Å². The molecule has 4 rings (SSSR count). The van der Waals surface area contributed by atoms with Gasteiger partial charge in [-0.05, 0) is 6.92 Å². The molecule has 0 aliphatic carbocycles. The van der Waals surface area contributed by atoms with Crippen LogP contribution in [0.2, 0.25) is 0 Å². The topological polar surface area (TPSA) is 39.6 Å². The number of hydrogen-bond acceptors (Lipinski definition) is 5. The molecule has 3 aliphatic heterocycles. The van der Waals surface area contributed by atoms with E-state index in [1.54, 1.807) is 18.3 Å². The summed E-state index contributed by atoms with van der Waals surface area (Å²) in [5.74, 6) is 0. The van der Waals surface area contributed by atoms with Gasteiger partial charge in [-0.1, -0.05) is 0 Å². The van der Waals surface area contributed by atoms with Gasteiger partial charge in [-0.25, -0.2) is 4.98 Å². The summed E-state index contributed by atoms with van der Waals surface area (Å²) in [6, 6.07) is 0.458. The number of piperazine rings is 3. The molecule has 4 nitrogen and oxygen atoms in total. The molecular weight excluding hydrogens is 222 g/mol. The van der Waals surface area contributed by atoms with Gasteiger partial charge in [0.2, 0.25) is 0 Å². The van der Waals surface area contributed by atoms with Crippen molar-refractivity contribution in [2.45, 2.75) is 19.1 Å². The highest BCUT2D eigenvalue weighted by Crippen LogP contribution is 2.31. The molecule has 3 aliphatic rings. The van der Waals surface area contributed by atoms with E-state index in [9.17, 15) is 5.11 Å². The monoisotopic (exact) mass is 239 g/mol. The first-order chi connectivity index (χ1) is 7.74. The van der Waals surface area contributed by atoms with E-state index in [1.165, 1.54) is 18.1 Å². The molecule has 0 saturated carbocycles. The van der Waals surface area contributed by atoms with Crippen molar-refractivity contribution in [1.82, 2.24) is 14.8 Å². The van der Waals surface area contributed by atoms with E-state index in [4.69, 9.17) is 0 Å². The second-order valence-electron chi connectivity index (χ2n) is 4.64. The first kappa shape index (κ1) is 10.7. The van der Waals surface area contributed by atoms with Gasteiger partial charge in [0.15, 0.2) is 0 Å². The van der Waals surface area contributed by atoms with Crippen LogP contribution in [-0.4, -0.2) is 52.6 Å². The first-order valence-corrected chi connectivity index (χ1v) is 6.72. The predicted octanol–water partition coefficient (Wildman–Crippen LogP) is 0.869. The van der Waals surface area contributed by atoms with Crippen LogP contribution in [0, 0.1) is 0 Å². The highest BCUT2D eigenvalue weighted by molar-refractivity contribution is 7.09. The molecule has 16 heavy (non-hydrogen) atoms. The Hall–Kier alpha value is -0.490. The number of rotatable bonds is 2. The molecule has 0 amide bonds. The number of thiazole rings is 1. The van der Waals surface area contributed by atoms with E-state index in [-0.39, 0.29) is 0 Å². The van der Waals surface area contributed by atoms with E-state index >= 15 is 0 Å². The lowest BCUT2D eigenvalue weighted by atomic mass is 10.1. The van der Waals surface area contributed by atoms with Gasteiger partial charge in [0, 0.05) is 38.1 Å². The zero-order valence-electron chi connectivity index (χ0n) is 9.46. The SMILES string of the molecule is CC(O)c1csc(C2CN3CCN2CC3)n1. The summed E-state index contributed by atoms with van der Waals surface area (Å²) in [6.07, 6.45) is -0.443. The van der Waals surface area contributed by atoms with Crippen molar-refractivity contribution < 1.29 is 5.11 Å². The van der Waals surface area contributed by atoms with E-state index < -0.39 is 6.10 Å². The number of fused-ring (bicyclic) bond motifs is 3. The Morgan fingerprint density at radius 2 is 2.19 bits per heavy atom. The fourth-order valence-electron chi connectivity index (χ4n) is 2.50. The van der Waals surface area contributed by atoms with E-state index in [2.05, 4.69) is 14.8 Å². The van der Waals surface area contributed by atoms with Gasteiger partial charge in [-0.2, -0.15) is 0 Å². The highest BCUT2D eigenvalue weighted by Gasteiger charge is 2.34. The van der Waals surface area contributed by atoms with Gasteiger partial charge >= 0.3 is 0 Å². The largest absolute Gasteiger partial charge is 0.387 e. The fourth-order valence-corrected chi connectivity index (χ4v) is 3.53. The van der Waals surface area contributed by atoms with Crippen LogP contribution in [0.1, 0.15) is 29.8 Å². The number of aromatic nitrogens is 1. The lowest BCUT2D eigenvalue weighted by Crippen LogP contribution is -2.56. The summed E-state index contributed by atoms with van der Waals surface area (Å²) >= 11 is 1.68. The molecule has 2 bridgehead atoms. The lowest BCUT2D eigenvalue weighted by molar-refractivity contribution is 0.0121. The van der Waals surface area contributed by atoms with Crippen LogP contribution >= 0.6 is 11.3 Å². The number of aliphatic hydroxyl groups excluding tert-OH is 1. The minimum atomic E-state index is -0.443. The van der Waals surface area contributed by atoms with Gasteiger partial charge in [-0.3, -0.25) is 9.80 Å². The van der Waals surface area contributed by atoms with Crippen molar-refractivity contribution >= 4 is 11.3 Å². The Morgan fingerprint density at radius 3 is 2.69 bits per heavy atom. The highest BCUT2D eigenvalue weighted by atomic mass is 32.1. The molecular formula is C11H17N3OS. The molecule has 5 heteroatoms. The van der Waals surface area contributed by atoms with Crippen LogP contribution in [0.5, 0.6) is 0 Å². The average Bonchev–Trinajstić information content (AvgIpc) is 2.80. The normalized spacial score (nSPS) is 35.2. The smallest absolute Gasteiger partial charge is 0.111 e. The Morgan fingerprint density at radius 1 is 1.44 bits per heavy atom. The predicted molar refractivity (Wildman–Crippen MR) is 63.5 cm³/mol. The van der Waals surface area contributed by atoms with Crippen LogP contribution in [0.25, 0.3) is 0 Å². The van der Waals surface area contributed by atoms with Crippen molar-refractivity contribution in [3.63, 3.8) is 0 Å². The molecule has 3 fully saturated rings. The molecule has 2 atom stereocenters. The summed E-state index contributed by atoms with van der Waals surface area (Å²) in [4.78, 5) is 9.58. The van der Waals surface area contributed by atoms with Gasteiger partial charge in [0.05, 0.1) is 17.8 Å². The molecule has 88 valence electrons. The van der Waals surface area contributed by atoms with E-state index in [0.29, 0.717) is 6.04 Å². The standard InChI is InChI=1S/C11H17N3OS/c1-8(15)9-7-16-11(12-9)10-6-13-2-4-14(10)5-3-13/h7-8,10,15H,2-6H2,1H3. The Labute approximate surface area is 99.5 Å². The molecule has 1 N–H and O–H groups in total. The lowest BCUT2D eigenvalue weighted by Gasteiger charge is -2.46. The quantitative estimate of drug-likeness (QED) is 0.831. The van der Waals surface area contributed by atoms with Gasteiger partial charge in [0.1, 0.15) is 5.01 Å². The fraction of sp³-hybridized carbons (Fsp3) is 0.727. The maximum atomic E-state index is 9.49. The number of aliphatic hydroxyl groups is 1. The molecule has 1 aromatic heterocycles. The molecule has 4 heterocycles. The first-order valence-electron chi connectivity index (χ1n) is 5.84. The Kier molecular flexibility index (Phi) is 2.71. The van der Waals surface area contributed by atoms with Crippen LogP contribution in [0.15, 0.2) is 5.38 Å². The minimum absolute atomic E-state index is 0.443. The molecule has 1 aromatic rings. The summed E-state index contributed by atoms with van der Waals surface area (Å²) in [7, 11) is 0. The zero-order valence-corrected chi connectivity index (χ0v) is 10.3. The molecule has 3 saturated heterocycles. The molecule has 0 aromatic carbocycles. The van der Waals surface area contributed by atoms with Crippen molar-refractivity contribution in [2.75, 3.05) is 32.7 Å². The van der Waals surface area contributed by atoms with Crippen molar-refractivity contribution in [3.8, 4) is 0 Å². The Bertz CT molecular complexity index is 371. The molecule has 0 spiro atoms. The summed E-state index contributed by atoms with van der Waals surface area (Å²) in [5, 5.41) is 12.6. The zero-order chi connectivity index (χ0) is 11.1. The van der Waals surface area contributed by atoms with Gasteiger partial charge < -0.3 is 5.11 Å². The van der Waals surface area contributed by atoms with Gasteiger partial charge in [-0.15, -0.1) is 11.3 Å². The summed E-state index contributed by atoms with van der Waals surface area (Å²) in [6.45, 7) is 7.60. The second kappa shape index (κ2) is 4.07. The van der Waals surface area contributed by atoms with Crippen molar-refractivity contribution in [1.29, 1.82) is 0 Å². The van der Waals surface area contributed by atoms with Crippen molar-refractivity contribution in [3.05, 3.63) is 16.1 Å².